The molecule has 8 nitrogen and oxygen atoms in total. The van der Waals surface area contributed by atoms with Gasteiger partial charge in [0.15, 0.2) is 0 Å². The maximum absolute atomic E-state index is 13.5. The van der Waals surface area contributed by atoms with E-state index in [4.69, 9.17) is 5.73 Å². The highest BCUT2D eigenvalue weighted by molar-refractivity contribution is 7.89. The van der Waals surface area contributed by atoms with E-state index < -0.39 is 22.1 Å². The van der Waals surface area contributed by atoms with Crippen molar-refractivity contribution >= 4 is 34.2 Å². The normalized spacial score (nSPS) is 23.9. The highest BCUT2D eigenvalue weighted by Crippen LogP contribution is 2.24. The van der Waals surface area contributed by atoms with Gasteiger partial charge in [-0.15, -0.1) is 12.4 Å². The van der Waals surface area contributed by atoms with Crippen molar-refractivity contribution in [3.05, 3.63) is 30.3 Å². The Morgan fingerprint density at radius 3 is 2.35 bits per heavy atom. The van der Waals surface area contributed by atoms with Gasteiger partial charge in [-0.05, 0) is 68.9 Å². The average molecular weight is 515 g/mol. The Morgan fingerprint density at radius 1 is 1.09 bits per heavy atom. The standard InChI is InChI=1S/C24H38N4O4S.ClH/c1-17(2)15-21(27-33(31,32)20-7-4-3-5-8-20)24(30)28-14-6-9-22(28)23(29)26-16-18-10-12-19(25)13-11-18;/h3-5,7-8,17-19,21-22,27H,6,9-16,25H2,1-2H3,(H,26,29);1H/t18?,19?,21-,22+;/m1./s1. The molecule has 0 radical (unpaired) electrons. The van der Waals surface area contributed by atoms with Gasteiger partial charge in [0.2, 0.25) is 21.8 Å². The van der Waals surface area contributed by atoms with Crippen LogP contribution in [0.25, 0.3) is 0 Å². The minimum Gasteiger partial charge on any atom is -0.354 e. The summed E-state index contributed by atoms with van der Waals surface area (Å²) in [5, 5.41) is 3.04. The van der Waals surface area contributed by atoms with Crippen molar-refractivity contribution in [2.45, 2.75) is 81.8 Å². The minimum atomic E-state index is -3.85. The molecule has 1 aromatic rings. The topological polar surface area (TPSA) is 122 Å². The van der Waals surface area contributed by atoms with E-state index in [1.165, 1.54) is 12.1 Å². The van der Waals surface area contributed by atoms with Crippen LogP contribution in [0.15, 0.2) is 35.2 Å². The first kappa shape index (κ1) is 28.6. The van der Waals surface area contributed by atoms with Crippen LogP contribution in [0.3, 0.4) is 0 Å². The molecule has 4 N–H and O–H groups in total. The zero-order valence-electron chi connectivity index (χ0n) is 20.1. The molecule has 2 fully saturated rings. The number of nitrogens with two attached hydrogens (primary N) is 1. The summed E-state index contributed by atoms with van der Waals surface area (Å²) in [6.07, 6.45) is 5.64. The van der Waals surface area contributed by atoms with Crippen LogP contribution in [-0.2, 0) is 19.6 Å². The fourth-order valence-corrected chi connectivity index (χ4v) is 6.01. The number of likely N-dealkylation sites (tertiary alicyclic amines) is 1. The number of rotatable bonds is 9. The van der Waals surface area contributed by atoms with E-state index in [0.717, 1.165) is 32.1 Å². The number of amides is 2. The highest BCUT2D eigenvalue weighted by atomic mass is 35.5. The van der Waals surface area contributed by atoms with Crippen LogP contribution in [0.5, 0.6) is 0 Å². The highest BCUT2D eigenvalue weighted by Gasteiger charge is 2.38. The van der Waals surface area contributed by atoms with Crippen LogP contribution in [0, 0.1) is 11.8 Å². The molecule has 3 rings (SSSR count). The minimum absolute atomic E-state index is 0. The van der Waals surface area contributed by atoms with Crippen molar-refractivity contribution in [2.75, 3.05) is 13.1 Å². The lowest BCUT2D eigenvalue weighted by atomic mass is 9.86. The molecule has 34 heavy (non-hydrogen) atoms. The molecule has 192 valence electrons. The van der Waals surface area contributed by atoms with Crippen LogP contribution in [0.4, 0.5) is 0 Å². The van der Waals surface area contributed by atoms with Crippen LogP contribution in [-0.4, -0.2) is 56.3 Å². The van der Waals surface area contributed by atoms with E-state index in [9.17, 15) is 18.0 Å². The summed E-state index contributed by atoms with van der Waals surface area (Å²) in [5.74, 6) is 0.0464. The van der Waals surface area contributed by atoms with E-state index in [1.807, 2.05) is 13.8 Å². The van der Waals surface area contributed by atoms with Crippen LogP contribution >= 0.6 is 12.4 Å². The summed E-state index contributed by atoms with van der Waals surface area (Å²) >= 11 is 0. The van der Waals surface area contributed by atoms with E-state index >= 15 is 0 Å². The Labute approximate surface area is 209 Å². The first-order valence-corrected chi connectivity index (χ1v) is 13.6. The molecule has 1 aromatic carbocycles. The Bertz CT molecular complexity index is 905. The van der Waals surface area contributed by atoms with Crippen molar-refractivity contribution in [2.24, 2.45) is 17.6 Å². The van der Waals surface area contributed by atoms with Gasteiger partial charge in [-0.25, -0.2) is 8.42 Å². The predicted molar refractivity (Wildman–Crippen MR) is 135 cm³/mol. The molecule has 1 heterocycles. The first-order valence-electron chi connectivity index (χ1n) is 12.1. The molecule has 1 aliphatic carbocycles. The van der Waals surface area contributed by atoms with Gasteiger partial charge in [-0.3, -0.25) is 9.59 Å². The average Bonchev–Trinajstić information content (AvgIpc) is 3.28. The van der Waals surface area contributed by atoms with Gasteiger partial charge in [0, 0.05) is 19.1 Å². The molecule has 2 amide bonds. The molecular weight excluding hydrogens is 476 g/mol. The summed E-state index contributed by atoms with van der Waals surface area (Å²) in [5.41, 5.74) is 5.97. The molecular formula is C24H39ClN4O4S. The quantitative estimate of drug-likeness (QED) is 0.467. The summed E-state index contributed by atoms with van der Waals surface area (Å²) in [6.45, 7) is 4.94. The molecule has 1 aliphatic heterocycles. The number of nitrogens with one attached hydrogen (secondary N) is 2. The number of sulfonamides is 1. The van der Waals surface area contributed by atoms with Gasteiger partial charge >= 0.3 is 0 Å². The number of carbonyl (C=O) groups is 2. The molecule has 2 aliphatic rings. The SMILES string of the molecule is CC(C)C[C@@H](NS(=O)(=O)c1ccccc1)C(=O)N1CCC[C@H]1C(=O)NCC1CCC(N)CC1.Cl. The van der Waals surface area contributed by atoms with E-state index in [0.29, 0.717) is 31.8 Å². The Morgan fingerprint density at radius 2 is 1.74 bits per heavy atom. The zero-order valence-corrected chi connectivity index (χ0v) is 21.7. The molecule has 1 saturated carbocycles. The zero-order chi connectivity index (χ0) is 24.0. The molecule has 0 aromatic heterocycles. The smallest absolute Gasteiger partial charge is 0.242 e. The lowest BCUT2D eigenvalue weighted by Crippen LogP contribution is -2.54. The van der Waals surface area contributed by atoms with Gasteiger partial charge in [-0.1, -0.05) is 32.0 Å². The van der Waals surface area contributed by atoms with Gasteiger partial charge in [0.1, 0.15) is 12.1 Å². The van der Waals surface area contributed by atoms with Crippen molar-refractivity contribution in [3.8, 4) is 0 Å². The molecule has 0 bridgehead atoms. The third-order valence-corrected chi connectivity index (χ3v) is 8.14. The van der Waals surface area contributed by atoms with Gasteiger partial charge in [-0.2, -0.15) is 4.72 Å². The van der Waals surface area contributed by atoms with Gasteiger partial charge in [0.05, 0.1) is 4.90 Å². The fourth-order valence-electron chi connectivity index (χ4n) is 4.78. The molecule has 2 atom stereocenters. The van der Waals surface area contributed by atoms with Gasteiger partial charge < -0.3 is 16.0 Å². The number of carbonyl (C=O) groups excluding carboxylic acids is 2. The molecule has 0 unspecified atom stereocenters. The number of nitrogens with zero attached hydrogens (tertiary/aromatic N) is 1. The molecule has 10 heteroatoms. The van der Waals surface area contributed by atoms with E-state index in [2.05, 4.69) is 10.0 Å². The third-order valence-electron chi connectivity index (χ3n) is 6.65. The fraction of sp³-hybridized carbons (Fsp3) is 0.667. The van der Waals surface area contributed by atoms with E-state index in [-0.39, 0.29) is 41.1 Å². The summed E-state index contributed by atoms with van der Waals surface area (Å²) in [6, 6.07) is 6.83. The predicted octanol–water partition coefficient (Wildman–Crippen LogP) is 2.43. The number of hydrogen-bond donors (Lipinski definition) is 3. The maximum Gasteiger partial charge on any atom is 0.242 e. The molecule has 0 spiro atoms. The van der Waals surface area contributed by atoms with Crippen molar-refractivity contribution < 1.29 is 18.0 Å². The number of halogens is 1. The lowest BCUT2D eigenvalue weighted by molar-refractivity contribution is -0.140. The maximum atomic E-state index is 13.5. The third kappa shape index (κ3) is 7.66. The van der Waals surface area contributed by atoms with E-state index in [1.54, 1.807) is 23.1 Å². The van der Waals surface area contributed by atoms with Crippen molar-refractivity contribution in [1.82, 2.24) is 14.9 Å². The van der Waals surface area contributed by atoms with Crippen LogP contribution < -0.4 is 15.8 Å². The molecule has 1 saturated heterocycles. The van der Waals surface area contributed by atoms with Crippen LogP contribution in [0.1, 0.15) is 58.8 Å². The second-order valence-electron chi connectivity index (χ2n) is 9.83. The number of benzene rings is 1. The Hall–Kier alpha value is -1.68. The second kappa shape index (κ2) is 12.9. The summed E-state index contributed by atoms with van der Waals surface area (Å²) in [4.78, 5) is 28.1. The monoisotopic (exact) mass is 514 g/mol. The Balaban J connectivity index is 0.00000408. The van der Waals surface area contributed by atoms with Crippen molar-refractivity contribution in [3.63, 3.8) is 0 Å². The van der Waals surface area contributed by atoms with Crippen molar-refractivity contribution in [1.29, 1.82) is 0 Å². The van der Waals surface area contributed by atoms with Gasteiger partial charge in [0.25, 0.3) is 0 Å². The second-order valence-corrected chi connectivity index (χ2v) is 11.5. The summed E-state index contributed by atoms with van der Waals surface area (Å²) < 4.78 is 28.4. The number of hydrogen-bond acceptors (Lipinski definition) is 5. The first-order chi connectivity index (χ1) is 15.7. The Kier molecular flexibility index (Phi) is 10.8. The largest absolute Gasteiger partial charge is 0.354 e. The summed E-state index contributed by atoms with van der Waals surface area (Å²) in [7, 11) is -3.85. The van der Waals surface area contributed by atoms with Crippen LogP contribution in [0.2, 0.25) is 0 Å². The lowest BCUT2D eigenvalue weighted by Gasteiger charge is -2.30.